The molecular formula is C15H11NO. The van der Waals surface area contributed by atoms with Gasteiger partial charge in [-0.05, 0) is 29.7 Å². The summed E-state index contributed by atoms with van der Waals surface area (Å²) in [7, 11) is 0. The highest BCUT2D eigenvalue weighted by molar-refractivity contribution is 5.77. The van der Waals surface area contributed by atoms with Crippen molar-refractivity contribution in [3.63, 3.8) is 0 Å². The monoisotopic (exact) mass is 221 g/mol. The zero-order valence-corrected chi connectivity index (χ0v) is 9.26. The van der Waals surface area contributed by atoms with Gasteiger partial charge in [-0.2, -0.15) is 5.26 Å². The summed E-state index contributed by atoms with van der Waals surface area (Å²) >= 11 is 0. The number of carbonyl (C=O) groups is 1. The number of aldehydes is 1. The average Bonchev–Trinajstić information content (AvgIpc) is 2.39. The molecule has 0 heterocycles. The predicted molar refractivity (Wildman–Crippen MR) is 65.8 cm³/mol. The number of benzene rings is 2. The van der Waals surface area contributed by atoms with Crippen LogP contribution >= 0.6 is 0 Å². The van der Waals surface area contributed by atoms with E-state index in [1.807, 2.05) is 36.4 Å². The minimum absolute atomic E-state index is 0.645. The second kappa shape index (κ2) is 5.09. The molecule has 0 fully saturated rings. The molecule has 0 spiro atoms. The molecule has 17 heavy (non-hydrogen) atoms. The van der Waals surface area contributed by atoms with Gasteiger partial charge >= 0.3 is 0 Å². The number of nitriles is 1. The van der Waals surface area contributed by atoms with Gasteiger partial charge in [-0.25, -0.2) is 0 Å². The number of hydrogen-bond donors (Lipinski definition) is 0. The van der Waals surface area contributed by atoms with Crippen LogP contribution in [-0.4, -0.2) is 6.29 Å². The zero-order chi connectivity index (χ0) is 12.1. The van der Waals surface area contributed by atoms with E-state index in [1.54, 1.807) is 12.1 Å². The fraction of sp³-hybridized carbons (Fsp3) is 0.0667. The lowest BCUT2D eigenvalue weighted by Crippen LogP contribution is -1.94. The molecule has 0 saturated heterocycles. The SMILES string of the molecule is N#Cc1cccc(Cc2ccccc2C=O)c1. The van der Waals surface area contributed by atoms with Crippen LogP contribution < -0.4 is 0 Å². The summed E-state index contributed by atoms with van der Waals surface area (Å²) in [6.45, 7) is 0. The highest BCUT2D eigenvalue weighted by Crippen LogP contribution is 2.14. The van der Waals surface area contributed by atoms with Crippen LogP contribution in [0.1, 0.15) is 27.0 Å². The van der Waals surface area contributed by atoms with Gasteiger partial charge in [-0.15, -0.1) is 0 Å². The number of rotatable bonds is 3. The Morgan fingerprint density at radius 1 is 1.12 bits per heavy atom. The van der Waals surface area contributed by atoms with Gasteiger partial charge in [0.2, 0.25) is 0 Å². The molecule has 2 aromatic rings. The summed E-state index contributed by atoms with van der Waals surface area (Å²) in [5.74, 6) is 0. The lowest BCUT2D eigenvalue weighted by atomic mass is 9.99. The zero-order valence-electron chi connectivity index (χ0n) is 9.26. The molecule has 82 valence electrons. The van der Waals surface area contributed by atoms with Gasteiger partial charge in [-0.3, -0.25) is 4.79 Å². The van der Waals surface area contributed by atoms with Crippen LogP contribution in [0.15, 0.2) is 48.5 Å². The van der Waals surface area contributed by atoms with Crippen molar-refractivity contribution < 1.29 is 4.79 Å². The van der Waals surface area contributed by atoms with Crippen molar-refractivity contribution in [3.05, 3.63) is 70.8 Å². The highest BCUT2D eigenvalue weighted by atomic mass is 16.1. The number of carbonyl (C=O) groups excluding carboxylic acids is 1. The molecule has 0 unspecified atom stereocenters. The first-order valence-corrected chi connectivity index (χ1v) is 5.35. The smallest absolute Gasteiger partial charge is 0.150 e. The lowest BCUT2D eigenvalue weighted by Gasteiger charge is -2.04. The fourth-order valence-corrected chi connectivity index (χ4v) is 1.78. The van der Waals surface area contributed by atoms with Crippen molar-refractivity contribution in [3.8, 4) is 6.07 Å². The molecular weight excluding hydrogens is 210 g/mol. The van der Waals surface area contributed by atoms with E-state index >= 15 is 0 Å². The highest BCUT2D eigenvalue weighted by Gasteiger charge is 2.02. The lowest BCUT2D eigenvalue weighted by molar-refractivity contribution is 0.112. The molecule has 0 amide bonds. The minimum atomic E-state index is 0.645. The van der Waals surface area contributed by atoms with E-state index in [4.69, 9.17) is 5.26 Å². The van der Waals surface area contributed by atoms with Gasteiger partial charge in [0.15, 0.2) is 0 Å². The van der Waals surface area contributed by atoms with Crippen LogP contribution in [0.2, 0.25) is 0 Å². The summed E-state index contributed by atoms with van der Waals surface area (Å²) in [5.41, 5.74) is 3.37. The van der Waals surface area contributed by atoms with E-state index in [-0.39, 0.29) is 0 Å². The topological polar surface area (TPSA) is 40.9 Å². The molecule has 0 radical (unpaired) electrons. The summed E-state index contributed by atoms with van der Waals surface area (Å²) in [6.07, 6.45) is 1.54. The fourth-order valence-electron chi connectivity index (χ4n) is 1.78. The largest absolute Gasteiger partial charge is 0.298 e. The van der Waals surface area contributed by atoms with Gasteiger partial charge in [0, 0.05) is 5.56 Å². The van der Waals surface area contributed by atoms with Crippen LogP contribution in [-0.2, 0) is 6.42 Å². The van der Waals surface area contributed by atoms with Gasteiger partial charge in [-0.1, -0.05) is 36.4 Å². The maximum Gasteiger partial charge on any atom is 0.150 e. The third kappa shape index (κ3) is 2.59. The predicted octanol–water partition coefficient (Wildman–Crippen LogP) is 2.96. The Bertz CT molecular complexity index is 581. The maximum atomic E-state index is 10.9. The van der Waals surface area contributed by atoms with E-state index in [9.17, 15) is 4.79 Å². The summed E-state index contributed by atoms with van der Waals surface area (Å²) in [6, 6.07) is 17.0. The van der Waals surface area contributed by atoms with E-state index in [0.29, 0.717) is 17.5 Å². The Labute approximate surface area is 100 Å². The van der Waals surface area contributed by atoms with Crippen molar-refractivity contribution in [2.24, 2.45) is 0 Å². The number of nitrogens with zero attached hydrogens (tertiary/aromatic N) is 1. The third-order valence-electron chi connectivity index (χ3n) is 2.63. The Morgan fingerprint density at radius 2 is 1.94 bits per heavy atom. The Morgan fingerprint density at radius 3 is 2.71 bits per heavy atom. The standard InChI is InChI=1S/C15H11NO/c16-10-13-5-3-4-12(8-13)9-14-6-1-2-7-15(14)11-17/h1-8,11H,9H2. The van der Waals surface area contributed by atoms with Crippen molar-refractivity contribution in [1.29, 1.82) is 5.26 Å². The van der Waals surface area contributed by atoms with Gasteiger partial charge in [0.25, 0.3) is 0 Å². The molecule has 2 heteroatoms. The second-order valence-electron chi connectivity index (χ2n) is 3.81. The quantitative estimate of drug-likeness (QED) is 0.747. The van der Waals surface area contributed by atoms with Crippen molar-refractivity contribution in [2.75, 3.05) is 0 Å². The normalized spacial score (nSPS) is 9.59. The van der Waals surface area contributed by atoms with Crippen LogP contribution in [0.4, 0.5) is 0 Å². The first kappa shape index (κ1) is 11.1. The van der Waals surface area contributed by atoms with Gasteiger partial charge in [0.1, 0.15) is 6.29 Å². The first-order valence-electron chi connectivity index (χ1n) is 5.35. The van der Waals surface area contributed by atoms with Crippen LogP contribution in [0, 0.1) is 11.3 Å². The first-order chi connectivity index (χ1) is 8.33. The van der Waals surface area contributed by atoms with Crippen molar-refractivity contribution in [1.82, 2.24) is 0 Å². The van der Waals surface area contributed by atoms with Gasteiger partial charge in [0.05, 0.1) is 11.6 Å². The Kier molecular flexibility index (Phi) is 3.32. The van der Waals surface area contributed by atoms with Crippen LogP contribution in [0.25, 0.3) is 0 Å². The van der Waals surface area contributed by atoms with Crippen molar-refractivity contribution >= 4 is 6.29 Å². The molecule has 0 N–H and O–H groups in total. The maximum absolute atomic E-state index is 10.9. The second-order valence-corrected chi connectivity index (χ2v) is 3.81. The van der Waals surface area contributed by atoms with Gasteiger partial charge < -0.3 is 0 Å². The Hall–Kier alpha value is -2.40. The van der Waals surface area contributed by atoms with Crippen LogP contribution in [0.5, 0.6) is 0 Å². The summed E-state index contributed by atoms with van der Waals surface area (Å²) < 4.78 is 0. The molecule has 2 aromatic carbocycles. The molecule has 0 aliphatic heterocycles. The molecule has 2 rings (SSSR count). The Balaban J connectivity index is 2.31. The van der Waals surface area contributed by atoms with E-state index < -0.39 is 0 Å². The van der Waals surface area contributed by atoms with E-state index in [2.05, 4.69) is 6.07 Å². The van der Waals surface area contributed by atoms with Crippen molar-refractivity contribution in [2.45, 2.75) is 6.42 Å². The minimum Gasteiger partial charge on any atom is -0.298 e. The molecule has 0 aliphatic carbocycles. The molecule has 0 aromatic heterocycles. The molecule has 2 nitrogen and oxygen atoms in total. The number of hydrogen-bond acceptors (Lipinski definition) is 2. The molecule has 0 bridgehead atoms. The molecule has 0 aliphatic rings. The van der Waals surface area contributed by atoms with E-state index in [0.717, 1.165) is 17.4 Å². The summed E-state index contributed by atoms with van der Waals surface area (Å²) in [4.78, 5) is 10.9. The molecule has 0 saturated carbocycles. The van der Waals surface area contributed by atoms with E-state index in [1.165, 1.54) is 0 Å². The molecule has 0 atom stereocenters. The average molecular weight is 221 g/mol. The summed E-state index contributed by atoms with van der Waals surface area (Å²) in [5, 5.41) is 8.82. The third-order valence-corrected chi connectivity index (χ3v) is 2.63. The van der Waals surface area contributed by atoms with Crippen LogP contribution in [0.3, 0.4) is 0 Å².